The van der Waals surface area contributed by atoms with Gasteiger partial charge in [0.25, 0.3) is 0 Å². The first-order valence-electron chi connectivity index (χ1n) is 7.93. The molecular formula is C17H22N4O2. The summed E-state index contributed by atoms with van der Waals surface area (Å²) in [4.78, 5) is 17.2. The number of benzene rings is 1. The average molecular weight is 314 g/mol. The van der Waals surface area contributed by atoms with Crippen molar-refractivity contribution in [1.82, 2.24) is 20.5 Å². The van der Waals surface area contributed by atoms with Crippen LogP contribution in [0.15, 0.2) is 30.6 Å². The Kier molecular flexibility index (Phi) is 4.43. The maximum Gasteiger partial charge on any atom is 0.231 e. The summed E-state index contributed by atoms with van der Waals surface area (Å²) in [5.41, 5.74) is 1.69. The molecule has 122 valence electrons. The molecule has 1 aromatic carbocycles. The van der Waals surface area contributed by atoms with Crippen LogP contribution in [-0.4, -0.2) is 34.3 Å². The van der Waals surface area contributed by atoms with Crippen LogP contribution in [0.1, 0.15) is 42.8 Å². The van der Waals surface area contributed by atoms with E-state index in [9.17, 15) is 4.79 Å². The number of amides is 1. The predicted octanol–water partition coefficient (Wildman–Crippen LogP) is 2.04. The number of aromatic nitrogens is 3. The standard InChI is InChI=1S/C17H22N4O2/c1-12-3-5-14(6-4-12)17(7-9-23-10-8-17)16(22)20-13(2)15-18-11-19-21-15/h3-6,11,13H,7-10H2,1-2H3,(H,20,22)(H,18,19,21). The lowest BCUT2D eigenvalue weighted by molar-refractivity contribution is -0.131. The lowest BCUT2D eigenvalue weighted by Gasteiger charge is -2.37. The number of ether oxygens (including phenoxy) is 1. The Labute approximate surface area is 135 Å². The summed E-state index contributed by atoms with van der Waals surface area (Å²) in [6.45, 7) is 5.14. The Morgan fingerprint density at radius 2 is 2.00 bits per heavy atom. The van der Waals surface area contributed by atoms with Crippen LogP contribution in [0.5, 0.6) is 0 Å². The molecule has 3 rings (SSSR count). The van der Waals surface area contributed by atoms with E-state index >= 15 is 0 Å². The SMILES string of the molecule is Cc1ccc(C2(C(=O)NC(C)c3ncn[nH]3)CCOCC2)cc1. The van der Waals surface area contributed by atoms with Crippen LogP contribution in [0.4, 0.5) is 0 Å². The molecule has 0 aliphatic carbocycles. The van der Waals surface area contributed by atoms with Crippen LogP contribution >= 0.6 is 0 Å². The van der Waals surface area contributed by atoms with Gasteiger partial charge >= 0.3 is 0 Å². The Balaban J connectivity index is 1.86. The first kappa shape index (κ1) is 15.7. The molecule has 6 nitrogen and oxygen atoms in total. The molecule has 1 unspecified atom stereocenters. The van der Waals surface area contributed by atoms with E-state index in [4.69, 9.17) is 4.74 Å². The number of hydrogen-bond acceptors (Lipinski definition) is 4. The number of aromatic amines is 1. The second-order valence-electron chi connectivity index (χ2n) is 6.13. The summed E-state index contributed by atoms with van der Waals surface area (Å²) in [5, 5.41) is 9.72. The molecule has 0 spiro atoms. The van der Waals surface area contributed by atoms with Crippen molar-refractivity contribution in [3.63, 3.8) is 0 Å². The Hall–Kier alpha value is -2.21. The van der Waals surface area contributed by atoms with Gasteiger partial charge in [0, 0.05) is 13.2 Å². The van der Waals surface area contributed by atoms with Crippen molar-refractivity contribution in [3.8, 4) is 0 Å². The second kappa shape index (κ2) is 6.50. The fourth-order valence-corrected chi connectivity index (χ4v) is 3.07. The van der Waals surface area contributed by atoms with Gasteiger partial charge in [-0.25, -0.2) is 4.98 Å². The lowest BCUT2D eigenvalue weighted by Crippen LogP contribution is -2.48. The summed E-state index contributed by atoms with van der Waals surface area (Å²) in [6, 6.07) is 8.01. The maximum atomic E-state index is 13.1. The highest BCUT2D eigenvalue weighted by atomic mass is 16.5. The molecule has 1 aliphatic heterocycles. The topological polar surface area (TPSA) is 79.9 Å². The minimum atomic E-state index is -0.541. The average Bonchev–Trinajstić information content (AvgIpc) is 3.10. The van der Waals surface area contributed by atoms with E-state index in [1.165, 1.54) is 11.9 Å². The first-order chi connectivity index (χ1) is 11.1. The number of rotatable bonds is 4. The molecule has 23 heavy (non-hydrogen) atoms. The molecule has 2 N–H and O–H groups in total. The van der Waals surface area contributed by atoms with Crippen molar-refractivity contribution in [2.24, 2.45) is 0 Å². The number of nitrogens with zero attached hydrogens (tertiary/aromatic N) is 2. The molecule has 2 aromatic rings. The van der Waals surface area contributed by atoms with Crippen LogP contribution in [0.3, 0.4) is 0 Å². The Bertz CT molecular complexity index is 646. The highest BCUT2D eigenvalue weighted by molar-refractivity contribution is 5.88. The largest absolute Gasteiger partial charge is 0.381 e. The third-order valence-electron chi connectivity index (χ3n) is 4.58. The van der Waals surface area contributed by atoms with Crippen molar-refractivity contribution in [3.05, 3.63) is 47.5 Å². The minimum Gasteiger partial charge on any atom is -0.381 e. The summed E-state index contributed by atoms with van der Waals surface area (Å²) in [5.74, 6) is 0.679. The molecule has 1 atom stereocenters. The van der Waals surface area contributed by atoms with Crippen molar-refractivity contribution in [2.75, 3.05) is 13.2 Å². The molecule has 1 aromatic heterocycles. The van der Waals surface area contributed by atoms with E-state index in [1.807, 2.05) is 13.8 Å². The summed E-state index contributed by atoms with van der Waals surface area (Å²) in [7, 11) is 0. The predicted molar refractivity (Wildman–Crippen MR) is 85.9 cm³/mol. The number of hydrogen-bond donors (Lipinski definition) is 2. The summed E-state index contributed by atoms with van der Waals surface area (Å²) >= 11 is 0. The lowest BCUT2D eigenvalue weighted by atomic mass is 9.73. The highest BCUT2D eigenvalue weighted by Crippen LogP contribution is 2.35. The normalized spacial score (nSPS) is 18.3. The van der Waals surface area contributed by atoms with Gasteiger partial charge in [0.05, 0.1) is 11.5 Å². The van der Waals surface area contributed by atoms with Gasteiger partial charge in [-0.05, 0) is 32.3 Å². The van der Waals surface area contributed by atoms with Gasteiger partial charge in [-0.1, -0.05) is 29.8 Å². The summed E-state index contributed by atoms with van der Waals surface area (Å²) < 4.78 is 5.49. The van der Waals surface area contributed by atoms with Gasteiger partial charge < -0.3 is 10.1 Å². The van der Waals surface area contributed by atoms with Gasteiger partial charge in [0.2, 0.25) is 5.91 Å². The number of aryl methyl sites for hydroxylation is 1. The van der Waals surface area contributed by atoms with Gasteiger partial charge in [0.1, 0.15) is 12.2 Å². The summed E-state index contributed by atoms with van der Waals surface area (Å²) in [6.07, 6.45) is 2.82. The fraction of sp³-hybridized carbons (Fsp3) is 0.471. The van der Waals surface area contributed by atoms with Gasteiger partial charge in [-0.2, -0.15) is 5.10 Å². The number of H-pyrrole nitrogens is 1. The van der Waals surface area contributed by atoms with Crippen molar-refractivity contribution in [1.29, 1.82) is 0 Å². The van der Waals surface area contributed by atoms with Crippen LogP contribution in [0.25, 0.3) is 0 Å². The minimum absolute atomic E-state index is 0.0218. The zero-order valence-electron chi connectivity index (χ0n) is 13.5. The molecular weight excluding hydrogens is 292 g/mol. The van der Waals surface area contributed by atoms with Gasteiger partial charge in [0.15, 0.2) is 0 Å². The van der Waals surface area contributed by atoms with Crippen LogP contribution in [0, 0.1) is 6.92 Å². The first-order valence-corrected chi connectivity index (χ1v) is 7.93. The van der Waals surface area contributed by atoms with Crippen LogP contribution < -0.4 is 5.32 Å². The van der Waals surface area contributed by atoms with Crippen LogP contribution in [0.2, 0.25) is 0 Å². The van der Waals surface area contributed by atoms with Gasteiger partial charge in [-0.3, -0.25) is 9.89 Å². The number of carbonyl (C=O) groups excluding carboxylic acids is 1. The van der Waals surface area contributed by atoms with Gasteiger partial charge in [-0.15, -0.1) is 0 Å². The zero-order chi connectivity index (χ0) is 16.3. The molecule has 1 fully saturated rings. The second-order valence-corrected chi connectivity index (χ2v) is 6.13. The van der Waals surface area contributed by atoms with E-state index < -0.39 is 5.41 Å². The van der Waals surface area contributed by atoms with Crippen LogP contribution in [-0.2, 0) is 14.9 Å². The van der Waals surface area contributed by atoms with Crippen molar-refractivity contribution in [2.45, 2.75) is 38.1 Å². The van der Waals surface area contributed by atoms with E-state index in [2.05, 4.69) is 44.8 Å². The molecule has 0 bridgehead atoms. The van der Waals surface area contributed by atoms with E-state index in [-0.39, 0.29) is 11.9 Å². The molecule has 0 saturated carbocycles. The monoisotopic (exact) mass is 314 g/mol. The highest BCUT2D eigenvalue weighted by Gasteiger charge is 2.42. The third-order valence-corrected chi connectivity index (χ3v) is 4.58. The third kappa shape index (κ3) is 3.12. The quantitative estimate of drug-likeness (QED) is 0.905. The fourth-order valence-electron chi connectivity index (χ4n) is 3.07. The van der Waals surface area contributed by atoms with Crippen molar-refractivity contribution < 1.29 is 9.53 Å². The van der Waals surface area contributed by atoms with Crippen molar-refractivity contribution >= 4 is 5.91 Å². The Morgan fingerprint density at radius 1 is 1.30 bits per heavy atom. The number of carbonyl (C=O) groups is 1. The molecule has 1 saturated heterocycles. The Morgan fingerprint density at radius 3 is 2.61 bits per heavy atom. The zero-order valence-corrected chi connectivity index (χ0v) is 13.5. The van der Waals surface area contributed by atoms with E-state index in [1.54, 1.807) is 0 Å². The molecule has 0 radical (unpaired) electrons. The number of nitrogens with one attached hydrogen (secondary N) is 2. The molecule has 1 aliphatic rings. The van der Waals surface area contributed by atoms with E-state index in [0.717, 1.165) is 5.56 Å². The molecule has 6 heteroatoms. The molecule has 1 amide bonds. The smallest absolute Gasteiger partial charge is 0.231 e. The van der Waals surface area contributed by atoms with E-state index in [0.29, 0.717) is 31.9 Å². The maximum absolute atomic E-state index is 13.1. The molecule has 2 heterocycles.